The van der Waals surface area contributed by atoms with Crippen molar-refractivity contribution in [3.8, 4) is 11.5 Å². The van der Waals surface area contributed by atoms with Crippen molar-refractivity contribution in [2.24, 2.45) is 0 Å². The second-order valence-electron chi connectivity index (χ2n) is 3.87. The normalized spacial score (nSPS) is 10.4. The highest BCUT2D eigenvalue weighted by molar-refractivity contribution is 5.69. The Morgan fingerprint density at radius 2 is 1.52 bits per heavy atom. The number of carboxylic acids is 2. The molecule has 0 bridgehead atoms. The topological polar surface area (TPSA) is 112 Å². The maximum absolute atomic E-state index is 10.6. The number of methoxy groups -OCH3 is 2. The Morgan fingerprint density at radius 1 is 1.00 bits per heavy atom. The Bertz CT molecular complexity index is 495. The molecule has 8 nitrogen and oxygen atoms in total. The molecule has 0 amide bonds. The van der Waals surface area contributed by atoms with Gasteiger partial charge in [0.05, 0.1) is 0 Å². The molecule has 8 heteroatoms. The van der Waals surface area contributed by atoms with Crippen LogP contribution in [-0.4, -0.2) is 49.6 Å². The molecule has 0 unspecified atom stereocenters. The predicted octanol–water partition coefficient (Wildman–Crippen LogP) is 0.905. The average molecular weight is 300 g/mol. The van der Waals surface area contributed by atoms with E-state index in [-0.39, 0.29) is 11.5 Å². The summed E-state index contributed by atoms with van der Waals surface area (Å²) in [5, 5.41) is 17.2. The first-order valence-electron chi connectivity index (χ1n) is 5.86. The van der Waals surface area contributed by atoms with Crippen LogP contribution in [0.5, 0.6) is 11.5 Å². The van der Waals surface area contributed by atoms with Crippen LogP contribution in [0.3, 0.4) is 0 Å². The summed E-state index contributed by atoms with van der Waals surface area (Å²) in [5.41, 5.74) is 0.572. The fourth-order valence-electron chi connectivity index (χ4n) is 1.55. The number of aliphatic carboxylic acids is 2. The molecule has 0 atom stereocenters. The number of benzene rings is 1. The number of ether oxygens (including phenoxy) is 4. The predicted molar refractivity (Wildman–Crippen MR) is 69.5 cm³/mol. The Morgan fingerprint density at radius 3 is 2.00 bits per heavy atom. The van der Waals surface area contributed by atoms with Crippen LogP contribution in [-0.2, 0) is 19.1 Å². The van der Waals surface area contributed by atoms with Gasteiger partial charge in [0.1, 0.15) is 0 Å². The summed E-state index contributed by atoms with van der Waals surface area (Å²) < 4.78 is 20.3. The van der Waals surface area contributed by atoms with Gasteiger partial charge < -0.3 is 29.2 Å². The van der Waals surface area contributed by atoms with Crippen molar-refractivity contribution in [3.05, 3.63) is 23.8 Å². The molecule has 0 aliphatic carbocycles. The van der Waals surface area contributed by atoms with Gasteiger partial charge in [-0.25, -0.2) is 9.59 Å². The van der Waals surface area contributed by atoms with E-state index in [1.54, 1.807) is 6.07 Å². The Hall–Kier alpha value is -2.32. The number of carbonyl (C=O) groups is 2. The van der Waals surface area contributed by atoms with Gasteiger partial charge >= 0.3 is 11.9 Å². The zero-order valence-electron chi connectivity index (χ0n) is 11.6. The maximum Gasteiger partial charge on any atom is 0.341 e. The molecule has 0 fully saturated rings. The van der Waals surface area contributed by atoms with Crippen molar-refractivity contribution in [1.29, 1.82) is 0 Å². The third kappa shape index (κ3) is 5.28. The molecular formula is C13H16O8. The number of hydrogen-bond donors (Lipinski definition) is 2. The molecule has 1 aromatic rings. The molecule has 116 valence electrons. The van der Waals surface area contributed by atoms with Crippen molar-refractivity contribution in [2.45, 2.75) is 6.29 Å². The van der Waals surface area contributed by atoms with Crippen LogP contribution in [0.1, 0.15) is 11.9 Å². The highest BCUT2D eigenvalue weighted by atomic mass is 16.7. The molecule has 0 saturated carbocycles. The van der Waals surface area contributed by atoms with Crippen LogP contribution in [0, 0.1) is 0 Å². The summed E-state index contributed by atoms with van der Waals surface area (Å²) in [4.78, 5) is 21.1. The second-order valence-corrected chi connectivity index (χ2v) is 3.87. The smallest absolute Gasteiger partial charge is 0.341 e. The quantitative estimate of drug-likeness (QED) is 0.647. The van der Waals surface area contributed by atoms with Crippen LogP contribution >= 0.6 is 0 Å². The van der Waals surface area contributed by atoms with Crippen molar-refractivity contribution < 1.29 is 38.7 Å². The fourth-order valence-corrected chi connectivity index (χ4v) is 1.55. The molecule has 2 N–H and O–H groups in total. The van der Waals surface area contributed by atoms with Gasteiger partial charge in [-0.05, 0) is 12.1 Å². The molecule has 0 spiro atoms. The highest BCUT2D eigenvalue weighted by Crippen LogP contribution is 2.31. The zero-order valence-corrected chi connectivity index (χ0v) is 11.6. The summed E-state index contributed by atoms with van der Waals surface area (Å²) >= 11 is 0. The second kappa shape index (κ2) is 8.08. The molecular weight excluding hydrogens is 284 g/mol. The Kier molecular flexibility index (Phi) is 6.44. The lowest BCUT2D eigenvalue weighted by molar-refractivity contribution is -0.140. The van der Waals surface area contributed by atoms with Gasteiger partial charge in [0.2, 0.25) is 0 Å². The van der Waals surface area contributed by atoms with Crippen molar-refractivity contribution >= 4 is 11.9 Å². The van der Waals surface area contributed by atoms with Gasteiger partial charge in [-0.2, -0.15) is 0 Å². The van der Waals surface area contributed by atoms with Gasteiger partial charge in [-0.3, -0.25) is 0 Å². The van der Waals surface area contributed by atoms with E-state index in [1.807, 2.05) is 0 Å². The van der Waals surface area contributed by atoms with Crippen LogP contribution in [0.4, 0.5) is 0 Å². The van der Waals surface area contributed by atoms with Crippen molar-refractivity contribution in [3.63, 3.8) is 0 Å². The van der Waals surface area contributed by atoms with E-state index in [9.17, 15) is 9.59 Å². The lowest BCUT2D eigenvalue weighted by Gasteiger charge is -2.17. The molecule has 1 rings (SSSR count). The van der Waals surface area contributed by atoms with Crippen LogP contribution in [0.15, 0.2) is 18.2 Å². The zero-order chi connectivity index (χ0) is 15.8. The number of carboxylic acid groups (broad SMARTS) is 2. The first-order valence-corrected chi connectivity index (χ1v) is 5.86. The van der Waals surface area contributed by atoms with E-state index in [0.29, 0.717) is 5.56 Å². The third-order valence-electron chi connectivity index (χ3n) is 2.37. The van der Waals surface area contributed by atoms with E-state index in [4.69, 9.17) is 29.2 Å². The molecule has 0 aromatic heterocycles. The van der Waals surface area contributed by atoms with Gasteiger partial charge in [0, 0.05) is 19.8 Å². The van der Waals surface area contributed by atoms with Gasteiger partial charge in [-0.15, -0.1) is 0 Å². The SMILES string of the molecule is COC(OC)c1ccc(OCC(=O)O)c(OCC(=O)O)c1. The fraction of sp³-hybridized carbons (Fsp3) is 0.385. The first-order chi connectivity index (χ1) is 9.97. The van der Waals surface area contributed by atoms with E-state index in [1.165, 1.54) is 26.4 Å². The molecule has 21 heavy (non-hydrogen) atoms. The summed E-state index contributed by atoms with van der Waals surface area (Å²) in [6.45, 7) is -1.15. The average Bonchev–Trinajstić information content (AvgIpc) is 2.45. The van der Waals surface area contributed by atoms with E-state index in [0.717, 1.165) is 0 Å². The molecule has 1 aromatic carbocycles. The van der Waals surface area contributed by atoms with E-state index in [2.05, 4.69) is 0 Å². The van der Waals surface area contributed by atoms with Crippen LogP contribution in [0.2, 0.25) is 0 Å². The lowest BCUT2D eigenvalue weighted by atomic mass is 10.2. The monoisotopic (exact) mass is 300 g/mol. The minimum atomic E-state index is -1.17. The maximum atomic E-state index is 10.6. The number of hydrogen-bond acceptors (Lipinski definition) is 6. The third-order valence-corrected chi connectivity index (χ3v) is 2.37. The van der Waals surface area contributed by atoms with Crippen LogP contribution in [0.25, 0.3) is 0 Å². The Labute approximate surface area is 120 Å². The first kappa shape index (κ1) is 16.7. The summed E-state index contributed by atoms with van der Waals surface area (Å²) in [6.07, 6.45) is -0.661. The molecule has 0 saturated heterocycles. The highest BCUT2D eigenvalue weighted by Gasteiger charge is 2.15. The lowest BCUT2D eigenvalue weighted by Crippen LogP contribution is -2.13. The van der Waals surface area contributed by atoms with Crippen molar-refractivity contribution in [1.82, 2.24) is 0 Å². The van der Waals surface area contributed by atoms with Crippen LogP contribution < -0.4 is 9.47 Å². The minimum Gasteiger partial charge on any atom is -0.479 e. The van der Waals surface area contributed by atoms with E-state index >= 15 is 0 Å². The molecule has 0 aliphatic heterocycles. The Balaban J connectivity index is 3.00. The standard InChI is InChI=1S/C13H16O8/c1-18-13(19-2)8-3-4-9(20-6-11(14)15)10(5-8)21-7-12(16)17/h3-5,13H,6-7H2,1-2H3,(H,14,15)(H,16,17). The summed E-state index contributed by atoms with van der Waals surface area (Å²) in [6, 6.07) is 4.53. The molecule has 0 heterocycles. The van der Waals surface area contributed by atoms with Gasteiger partial charge in [-0.1, -0.05) is 6.07 Å². The summed E-state index contributed by atoms with van der Waals surface area (Å²) in [5.74, 6) is -2.11. The van der Waals surface area contributed by atoms with Gasteiger partial charge in [0.25, 0.3) is 0 Å². The number of rotatable bonds is 9. The largest absolute Gasteiger partial charge is 0.479 e. The van der Waals surface area contributed by atoms with Gasteiger partial charge in [0.15, 0.2) is 31.0 Å². The molecule has 0 radical (unpaired) electrons. The summed E-state index contributed by atoms with van der Waals surface area (Å²) in [7, 11) is 2.89. The molecule has 0 aliphatic rings. The van der Waals surface area contributed by atoms with E-state index < -0.39 is 31.4 Å². The van der Waals surface area contributed by atoms with Crippen molar-refractivity contribution in [2.75, 3.05) is 27.4 Å². The minimum absolute atomic E-state index is 0.0928.